The summed E-state index contributed by atoms with van der Waals surface area (Å²) in [7, 11) is 0. The number of benzene rings is 1. The summed E-state index contributed by atoms with van der Waals surface area (Å²) in [5.74, 6) is 0. The fourth-order valence-electron chi connectivity index (χ4n) is 0.762. The second-order valence-corrected chi connectivity index (χ2v) is 3.09. The molecule has 0 atom stereocenters. The first-order chi connectivity index (χ1) is 6.02. The van der Waals surface area contributed by atoms with Gasteiger partial charge in [-0.25, -0.2) is 0 Å². The minimum atomic E-state index is -0.674. The van der Waals surface area contributed by atoms with E-state index in [9.17, 15) is 20.2 Å². The third kappa shape index (κ3) is 2.01. The molecule has 7 heteroatoms. The van der Waals surface area contributed by atoms with Gasteiger partial charge in [-0.15, -0.1) is 0 Å². The molecule has 1 aromatic carbocycles. The van der Waals surface area contributed by atoms with Gasteiger partial charge in [0.15, 0.2) is 0 Å². The van der Waals surface area contributed by atoms with Crippen LogP contribution in [0.4, 0.5) is 11.4 Å². The average molecular weight is 246 g/mol. The quantitative estimate of drug-likeness (QED) is 0.426. The number of nitro benzene ring substituents is 2. The zero-order valence-corrected chi connectivity index (χ0v) is 7.88. The zero-order chi connectivity index (χ0) is 10.0. The molecule has 0 amide bonds. The van der Waals surface area contributed by atoms with Gasteiger partial charge in [0.25, 0.3) is 0 Å². The number of hydrogen-bond acceptors (Lipinski definition) is 4. The fourth-order valence-corrected chi connectivity index (χ4v) is 1.18. The second kappa shape index (κ2) is 3.51. The summed E-state index contributed by atoms with van der Waals surface area (Å²) in [6.07, 6.45) is 0. The maximum atomic E-state index is 10.4. The standard InChI is InChI=1S/C6H3N2O4Se/c9-7(10)4-1-2-6(13)5(3-4)8(11)12/h1-3H. The SMILES string of the molecule is O=[N+]([O-])c1ccc([Se])c([N+](=O)[O-])c1. The molecule has 1 rings (SSSR count). The van der Waals surface area contributed by atoms with Crippen LogP contribution < -0.4 is 4.46 Å². The van der Waals surface area contributed by atoms with E-state index in [4.69, 9.17) is 0 Å². The van der Waals surface area contributed by atoms with E-state index in [2.05, 4.69) is 16.0 Å². The molecule has 0 aliphatic rings. The minimum absolute atomic E-state index is 0.283. The molecule has 0 N–H and O–H groups in total. The van der Waals surface area contributed by atoms with E-state index in [-0.39, 0.29) is 15.8 Å². The summed E-state index contributed by atoms with van der Waals surface area (Å²) in [5.41, 5.74) is -0.570. The molecule has 1 aromatic rings. The van der Waals surface area contributed by atoms with Crippen LogP contribution in [0, 0.1) is 20.2 Å². The van der Waals surface area contributed by atoms with Gasteiger partial charge in [-0.3, -0.25) is 0 Å². The van der Waals surface area contributed by atoms with Crippen molar-refractivity contribution in [2.75, 3.05) is 0 Å². The van der Waals surface area contributed by atoms with E-state index < -0.39 is 9.85 Å². The van der Waals surface area contributed by atoms with Gasteiger partial charge in [0.2, 0.25) is 0 Å². The molecule has 6 nitrogen and oxygen atoms in total. The molecule has 0 aromatic heterocycles. The number of non-ortho nitro benzene ring substituents is 1. The number of rotatable bonds is 2. The first-order valence-corrected chi connectivity index (χ1v) is 3.98. The molecule has 1 radical (unpaired) electrons. The van der Waals surface area contributed by atoms with Crippen molar-refractivity contribution >= 4 is 31.8 Å². The first-order valence-electron chi connectivity index (χ1n) is 3.12. The zero-order valence-electron chi connectivity index (χ0n) is 6.17. The molecule has 0 aliphatic carbocycles. The Hall–Kier alpha value is -1.46. The second-order valence-electron chi connectivity index (χ2n) is 2.17. The van der Waals surface area contributed by atoms with E-state index >= 15 is 0 Å². The van der Waals surface area contributed by atoms with Crippen LogP contribution in [0.25, 0.3) is 0 Å². The van der Waals surface area contributed by atoms with Crippen molar-refractivity contribution in [3.63, 3.8) is 0 Å². The molecule has 67 valence electrons. The summed E-state index contributed by atoms with van der Waals surface area (Å²) in [6.45, 7) is 0. The van der Waals surface area contributed by atoms with Gasteiger partial charge in [0.1, 0.15) is 0 Å². The third-order valence-corrected chi connectivity index (χ3v) is 2.07. The van der Waals surface area contributed by atoms with Gasteiger partial charge in [-0.1, -0.05) is 0 Å². The Morgan fingerprint density at radius 1 is 1.15 bits per heavy atom. The van der Waals surface area contributed by atoms with Crippen LogP contribution in [-0.2, 0) is 0 Å². The van der Waals surface area contributed by atoms with Crippen LogP contribution >= 0.6 is 0 Å². The van der Waals surface area contributed by atoms with Crippen molar-refractivity contribution < 1.29 is 9.85 Å². The molecule has 0 saturated carbocycles. The summed E-state index contributed by atoms with van der Waals surface area (Å²) in [6, 6.07) is 3.43. The van der Waals surface area contributed by atoms with Gasteiger partial charge in [0, 0.05) is 0 Å². The Kier molecular flexibility index (Phi) is 2.60. The van der Waals surface area contributed by atoms with Crippen LogP contribution in [0.15, 0.2) is 18.2 Å². The Balaban J connectivity index is 3.27. The predicted molar refractivity (Wildman–Crippen MR) is 45.1 cm³/mol. The van der Waals surface area contributed by atoms with Crippen molar-refractivity contribution in [1.82, 2.24) is 0 Å². The molecule has 0 aliphatic heterocycles. The summed E-state index contributed by atoms with van der Waals surface area (Å²) in [5, 5.41) is 20.6. The van der Waals surface area contributed by atoms with E-state index in [1.807, 2.05) is 0 Å². The van der Waals surface area contributed by atoms with Crippen LogP contribution in [0.3, 0.4) is 0 Å². The topological polar surface area (TPSA) is 86.3 Å². The Labute approximate surface area is 80.7 Å². The summed E-state index contributed by atoms with van der Waals surface area (Å²) < 4.78 is 0.288. The molecule has 0 bridgehead atoms. The Bertz CT molecular complexity index is 379. The molecule has 0 saturated heterocycles. The third-order valence-electron chi connectivity index (χ3n) is 1.35. The van der Waals surface area contributed by atoms with Crippen LogP contribution in [0.2, 0.25) is 0 Å². The molecule has 0 unspecified atom stereocenters. The van der Waals surface area contributed by atoms with Crippen molar-refractivity contribution in [3.8, 4) is 0 Å². The molecule has 13 heavy (non-hydrogen) atoms. The van der Waals surface area contributed by atoms with Crippen LogP contribution in [-0.4, -0.2) is 25.9 Å². The number of nitrogens with zero attached hydrogens (tertiary/aromatic N) is 2. The van der Waals surface area contributed by atoms with E-state index in [1.165, 1.54) is 12.1 Å². The molecule has 0 fully saturated rings. The molecule has 0 spiro atoms. The van der Waals surface area contributed by atoms with Crippen molar-refractivity contribution in [1.29, 1.82) is 0 Å². The average Bonchev–Trinajstić information content (AvgIpc) is 2.04. The van der Waals surface area contributed by atoms with Gasteiger partial charge in [0.05, 0.1) is 0 Å². The fraction of sp³-hybridized carbons (Fsp3) is 0. The Morgan fingerprint density at radius 2 is 1.77 bits per heavy atom. The van der Waals surface area contributed by atoms with Crippen LogP contribution in [0.1, 0.15) is 0 Å². The van der Waals surface area contributed by atoms with Gasteiger partial charge in [-0.2, -0.15) is 0 Å². The number of hydrogen-bond donors (Lipinski definition) is 0. The van der Waals surface area contributed by atoms with Gasteiger partial charge >= 0.3 is 80.1 Å². The van der Waals surface area contributed by atoms with E-state index in [0.29, 0.717) is 0 Å². The van der Waals surface area contributed by atoms with Gasteiger partial charge in [-0.05, 0) is 0 Å². The molecule has 0 heterocycles. The summed E-state index contributed by atoms with van der Waals surface area (Å²) >= 11 is 2.45. The van der Waals surface area contributed by atoms with Crippen molar-refractivity contribution in [2.45, 2.75) is 0 Å². The molecular formula is C6H3N2O4Se. The van der Waals surface area contributed by atoms with Crippen molar-refractivity contribution in [3.05, 3.63) is 38.4 Å². The van der Waals surface area contributed by atoms with E-state index in [0.717, 1.165) is 6.07 Å². The normalized spacial score (nSPS) is 9.54. The van der Waals surface area contributed by atoms with Crippen LogP contribution in [0.5, 0.6) is 0 Å². The first kappa shape index (κ1) is 9.63. The van der Waals surface area contributed by atoms with Crippen molar-refractivity contribution in [2.24, 2.45) is 0 Å². The number of nitro groups is 2. The molecular weight excluding hydrogens is 243 g/mol. The van der Waals surface area contributed by atoms with Gasteiger partial charge < -0.3 is 0 Å². The Morgan fingerprint density at radius 3 is 2.23 bits per heavy atom. The maximum absolute atomic E-state index is 10.4. The monoisotopic (exact) mass is 247 g/mol. The van der Waals surface area contributed by atoms with E-state index in [1.54, 1.807) is 0 Å². The summed E-state index contributed by atoms with van der Waals surface area (Å²) in [4.78, 5) is 19.3. The predicted octanol–water partition coefficient (Wildman–Crippen LogP) is 0.297.